The van der Waals surface area contributed by atoms with Crippen molar-refractivity contribution in [2.75, 3.05) is 11.4 Å². The summed E-state index contributed by atoms with van der Waals surface area (Å²) in [5.41, 5.74) is 0.389. The molecule has 0 spiro atoms. The number of rotatable bonds is 3. The Morgan fingerprint density at radius 2 is 1.89 bits per heavy atom. The Balaban J connectivity index is 2.49. The third-order valence-electron chi connectivity index (χ3n) is 3.86. The summed E-state index contributed by atoms with van der Waals surface area (Å²) < 4.78 is 48.9. The minimum Gasteiger partial charge on any atom is -0.367 e. The van der Waals surface area contributed by atoms with Gasteiger partial charge in [0.1, 0.15) is 0 Å². The monoisotopic (exact) mass is 289 g/mol. The average molecular weight is 289 g/mol. The van der Waals surface area contributed by atoms with Gasteiger partial charge in [0.2, 0.25) is 9.84 Å². The van der Waals surface area contributed by atoms with E-state index in [1.54, 1.807) is 12.1 Å². The van der Waals surface area contributed by atoms with Gasteiger partial charge >= 0.3 is 5.76 Å². The molecule has 0 amide bonds. The number of halogens is 2. The van der Waals surface area contributed by atoms with Crippen LogP contribution in [0.1, 0.15) is 20.3 Å². The molecule has 1 aliphatic rings. The molecule has 2 unspecified atom stereocenters. The van der Waals surface area contributed by atoms with Crippen LogP contribution in [-0.4, -0.2) is 26.8 Å². The number of anilines is 1. The Labute approximate surface area is 112 Å². The minimum absolute atomic E-state index is 0.147. The van der Waals surface area contributed by atoms with Crippen molar-refractivity contribution in [3.8, 4) is 0 Å². The Morgan fingerprint density at radius 1 is 1.26 bits per heavy atom. The quantitative estimate of drug-likeness (QED) is 0.858. The topological polar surface area (TPSA) is 37.4 Å². The molecule has 0 aromatic heterocycles. The van der Waals surface area contributed by atoms with Crippen molar-refractivity contribution in [2.24, 2.45) is 5.92 Å². The molecular formula is C13H17F2NO2S. The van der Waals surface area contributed by atoms with Gasteiger partial charge in [-0.15, -0.1) is 0 Å². The largest absolute Gasteiger partial charge is 0.367 e. The third-order valence-corrected chi connectivity index (χ3v) is 5.28. The average Bonchev–Trinajstić information content (AvgIpc) is 2.70. The molecule has 1 aromatic carbocycles. The van der Waals surface area contributed by atoms with E-state index in [1.807, 2.05) is 11.8 Å². The van der Waals surface area contributed by atoms with Gasteiger partial charge in [-0.05, 0) is 31.4 Å². The molecule has 1 aliphatic heterocycles. The fourth-order valence-electron chi connectivity index (χ4n) is 2.47. The van der Waals surface area contributed by atoms with Crippen molar-refractivity contribution in [2.45, 2.75) is 37.0 Å². The summed E-state index contributed by atoms with van der Waals surface area (Å²) in [6.45, 7) is 4.76. The van der Waals surface area contributed by atoms with E-state index in [0.717, 1.165) is 6.42 Å². The van der Waals surface area contributed by atoms with E-state index in [1.165, 1.54) is 12.1 Å². The van der Waals surface area contributed by atoms with E-state index < -0.39 is 15.6 Å². The fraction of sp³-hybridized carbons (Fsp3) is 0.538. The van der Waals surface area contributed by atoms with Gasteiger partial charge < -0.3 is 4.90 Å². The van der Waals surface area contributed by atoms with Gasteiger partial charge in [-0.25, -0.2) is 8.42 Å². The van der Waals surface area contributed by atoms with E-state index in [4.69, 9.17) is 0 Å². The number of sulfone groups is 1. The molecule has 19 heavy (non-hydrogen) atoms. The molecule has 0 radical (unpaired) electrons. The van der Waals surface area contributed by atoms with Crippen LogP contribution in [0.15, 0.2) is 29.2 Å². The molecule has 2 rings (SSSR count). The molecule has 0 N–H and O–H groups in total. The van der Waals surface area contributed by atoms with Gasteiger partial charge in [0.25, 0.3) is 0 Å². The van der Waals surface area contributed by atoms with E-state index >= 15 is 0 Å². The first-order valence-corrected chi connectivity index (χ1v) is 7.78. The maximum atomic E-state index is 12.7. The molecule has 0 saturated carbocycles. The molecule has 1 fully saturated rings. The lowest BCUT2D eigenvalue weighted by Gasteiger charge is -2.27. The molecule has 0 bridgehead atoms. The van der Waals surface area contributed by atoms with Crippen LogP contribution in [0.2, 0.25) is 0 Å². The lowest BCUT2D eigenvalue weighted by molar-refractivity contribution is 0.235. The van der Waals surface area contributed by atoms with Crippen molar-refractivity contribution in [1.29, 1.82) is 0 Å². The maximum absolute atomic E-state index is 12.7. The predicted octanol–water partition coefficient (Wildman–Crippen LogP) is 2.92. The van der Waals surface area contributed by atoms with E-state index in [2.05, 4.69) is 6.92 Å². The Morgan fingerprint density at radius 3 is 2.42 bits per heavy atom. The number of hydrogen-bond donors (Lipinski definition) is 0. The molecule has 106 valence electrons. The van der Waals surface area contributed by atoms with Crippen LogP contribution in [0.3, 0.4) is 0 Å². The molecular weight excluding hydrogens is 272 g/mol. The summed E-state index contributed by atoms with van der Waals surface area (Å²) in [6.07, 6.45) is 0.935. The molecule has 3 nitrogen and oxygen atoms in total. The molecule has 1 heterocycles. The number of para-hydroxylation sites is 1. The van der Waals surface area contributed by atoms with Crippen LogP contribution in [0.5, 0.6) is 0 Å². The van der Waals surface area contributed by atoms with E-state index in [-0.39, 0.29) is 10.9 Å². The van der Waals surface area contributed by atoms with Crippen molar-refractivity contribution in [1.82, 2.24) is 0 Å². The van der Waals surface area contributed by atoms with Gasteiger partial charge in [0, 0.05) is 12.6 Å². The van der Waals surface area contributed by atoms with Crippen LogP contribution in [0.25, 0.3) is 0 Å². The van der Waals surface area contributed by atoms with Crippen molar-refractivity contribution < 1.29 is 17.2 Å². The zero-order valence-electron chi connectivity index (χ0n) is 10.9. The Bertz CT molecular complexity index is 560. The summed E-state index contributed by atoms with van der Waals surface area (Å²) in [4.78, 5) is 1.63. The van der Waals surface area contributed by atoms with Crippen LogP contribution in [0.4, 0.5) is 14.5 Å². The summed E-state index contributed by atoms with van der Waals surface area (Å²) >= 11 is 0. The van der Waals surface area contributed by atoms with Gasteiger partial charge in [0.05, 0.1) is 10.6 Å². The number of nitrogens with zero attached hydrogens (tertiary/aromatic N) is 1. The SMILES string of the molecule is CC1CCN(c2ccccc2S(=O)(=O)C(F)F)C1C. The number of hydrogen-bond acceptors (Lipinski definition) is 3. The smallest absolute Gasteiger partial charge is 0.341 e. The van der Waals surface area contributed by atoms with Crippen molar-refractivity contribution >= 4 is 15.5 Å². The summed E-state index contributed by atoms with van der Waals surface area (Å²) in [6, 6.07) is 6.16. The number of alkyl halides is 2. The third kappa shape index (κ3) is 2.45. The molecule has 1 saturated heterocycles. The first kappa shape index (κ1) is 14.2. The molecule has 2 atom stereocenters. The highest BCUT2D eigenvalue weighted by Gasteiger charge is 2.34. The second-order valence-corrected chi connectivity index (χ2v) is 6.86. The van der Waals surface area contributed by atoms with Gasteiger partial charge in [-0.1, -0.05) is 19.1 Å². The Kier molecular flexibility index (Phi) is 3.80. The lowest BCUT2D eigenvalue weighted by Crippen LogP contribution is -2.30. The maximum Gasteiger partial charge on any atom is 0.341 e. The zero-order chi connectivity index (χ0) is 14.2. The molecule has 1 aromatic rings. The number of benzene rings is 1. The summed E-state index contributed by atoms with van der Waals surface area (Å²) in [5, 5.41) is 0. The van der Waals surface area contributed by atoms with Crippen LogP contribution in [-0.2, 0) is 9.84 Å². The highest BCUT2D eigenvalue weighted by Crippen LogP contribution is 2.35. The lowest BCUT2D eigenvalue weighted by atomic mass is 10.1. The first-order valence-electron chi connectivity index (χ1n) is 6.23. The molecule has 0 aliphatic carbocycles. The summed E-state index contributed by atoms with van der Waals surface area (Å²) in [5.74, 6) is -2.97. The van der Waals surface area contributed by atoms with Crippen LogP contribution in [0, 0.1) is 5.92 Å². The van der Waals surface area contributed by atoms with E-state index in [0.29, 0.717) is 18.2 Å². The first-order chi connectivity index (χ1) is 8.85. The Hall–Kier alpha value is -1.17. The highest BCUT2D eigenvalue weighted by molar-refractivity contribution is 7.91. The summed E-state index contributed by atoms with van der Waals surface area (Å²) in [7, 11) is -4.56. The minimum atomic E-state index is -4.56. The standard InChI is InChI=1S/C13H17F2NO2S/c1-9-7-8-16(10(9)2)11-5-3-4-6-12(11)19(17,18)13(14)15/h3-6,9-10,13H,7-8H2,1-2H3. The second-order valence-electron chi connectivity index (χ2n) is 4.97. The molecule has 6 heteroatoms. The van der Waals surface area contributed by atoms with Crippen LogP contribution >= 0.6 is 0 Å². The zero-order valence-corrected chi connectivity index (χ0v) is 11.7. The van der Waals surface area contributed by atoms with Crippen molar-refractivity contribution in [3.05, 3.63) is 24.3 Å². The van der Waals surface area contributed by atoms with Crippen LogP contribution < -0.4 is 4.90 Å². The van der Waals surface area contributed by atoms with Crippen molar-refractivity contribution in [3.63, 3.8) is 0 Å². The van der Waals surface area contributed by atoms with Gasteiger partial charge in [-0.2, -0.15) is 8.78 Å². The predicted molar refractivity (Wildman–Crippen MR) is 70.2 cm³/mol. The van der Waals surface area contributed by atoms with Gasteiger partial charge in [0.15, 0.2) is 0 Å². The highest BCUT2D eigenvalue weighted by atomic mass is 32.2. The van der Waals surface area contributed by atoms with Gasteiger partial charge in [-0.3, -0.25) is 0 Å². The normalized spacial score (nSPS) is 24.2. The second kappa shape index (κ2) is 5.07. The van der Waals surface area contributed by atoms with E-state index in [9.17, 15) is 17.2 Å². The fourth-order valence-corrected chi connectivity index (χ4v) is 3.40.